The summed E-state index contributed by atoms with van der Waals surface area (Å²) in [6, 6.07) is 48.5. The first-order valence-corrected chi connectivity index (χ1v) is 12.5. The molecule has 0 atom stereocenters. The highest BCUT2D eigenvalue weighted by Crippen LogP contribution is 2.30. The Hall–Kier alpha value is -4.76. The van der Waals surface area contributed by atoms with E-state index in [9.17, 15) is 0 Å². The lowest BCUT2D eigenvalue weighted by molar-refractivity contribution is 1.18. The molecule has 0 unspecified atom stereocenters. The average Bonchev–Trinajstić information content (AvgIpc) is 2.98. The Morgan fingerprint density at radius 2 is 0.703 bits per heavy atom. The molecule has 5 aromatic carbocycles. The number of aromatic nitrogens is 2. The van der Waals surface area contributed by atoms with Crippen LogP contribution in [-0.4, -0.2) is 17.8 Å². The number of hydrogen-bond donors (Lipinski definition) is 0. The molecule has 174 valence electrons. The van der Waals surface area contributed by atoms with Crippen LogP contribution in [0, 0.1) is 0 Å². The van der Waals surface area contributed by atoms with Crippen molar-refractivity contribution in [3.05, 3.63) is 140 Å². The second kappa shape index (κ2) is 10.1. The molecular weight excluding hydrogens is 447 g/mol. The van der Waals surface area contributed by atoms with Crippen molar-refractivity contribution in [3.8, 4) is 56.2 Å². The third-order valence-corrected chi connectivity index (χ3v) is 6.61. The van der Waals surface area contributed by atoms with Crippen LogP contribution in [0.4, 0.5) is 0 Å². The molecule has 0 aliphatic heterocycles. The summed E-state index contributed by atoms with van der Waals surface area (Å²) in [7, 11) is 2.10. The molecular formula is C34H25BN2. The van der Waals surface area contributed by atoms with E-state index in [2.05, 4.69) is 135 Å². The average molecular weight is 472 g/mol. The fourth-order valence-corrected chi connectivity index (χ4v) is 4.50. The summed E-state index contributed by atoms with van der Waals surface area (Å²) in [5.74, 6) is 0.722. The topological polar surface area (TPSA) is 25.8 Å². The van der Waals surface area contributed by atoms with Crippen LogP contribution >= 0.6 is 0 Å². The Bertz CT molecular complexity index is 1520. The third kappa shape index (κ3) is 4.98. The summed E-state index contributed by atoms with van der Waals surface area (Å²) in [5, 5.41) is 0. The Balaban J connectivity index is 1.42. The first kappa shape index (κ1) is 22.7. The zero-order valence-corrected chi connectivity index (χ0v) is 20.7. The van der Waals surface area contributed by atoms with Gasteiger partial charge in [-0.1, -0.05) is 139 Å². The van der Waals surface area contributed by atoms with Crippen LogP contribution in [0.5, 0.6) is 0 Å². The lowest BCUT2D eigenvalue weighted by Gasteiger charge is -2.11. The summed E-state index contributed by atoms with van der Waals surface area (Å²) in [5.41, 5.74) is 11.0. The van der Waals surface area contributed by atoms with Gasteiger partial charge in [-0.15, -0.1) is 0 Å². The van der Waals surface area contributed by atoms with Crippen LogP contribution in [0.1, 0.15) is 0 Å². The lowest BCUT2D eigenvalue weighted by Crippen LogP contribution is -2.00. The van der Waals surface area contributed by atoms with Gasteiger partial charge in [0.25, 0.3) is 0 Å². The largest absolute Gasteiger partial charge is 0.228 e. The third-order valence-electron chi connectivity index (χ3n) is 6.61. The number of benzene rings is 5. The zero-order valence-electron chi connectivity index (χ0n) is 20.7. The van der Waals surface area contributed by atoms with Crippen LogP contribution in [-0.2, 0) is 0 Å². The fraction of sp³-hybridized carbons (Fsp3) is 0. The van der Waals surface area contributed by atoms with Gasteiger partial charge in [-0.2, -0.15) is 0 Å². The predicted octanol–water partition coefficient (Wildman–Crippen LogP) is 7.07. The van der Waals surface area contributed by atoms with Crippen LogP contribution in [0.15, 0.2) is 140 Å². The molecule has 0 saturated carbocycles. The van der Waals surface area contributed by atoms with Gasteiger partial charge in [-0.25, -0.2) is 9.97 Å². The first-order chi connectivity index (χ1) is 18.2. The SMILES string of the molecule is Bc1ccc(-c2cc(-c3ccc(-c4ccccc4)cc3)nc(-c3ccc(-c4ccccc4)cc3)n2)cc1. The monoisotopic (exact) mass is 472 g/mol. The van der Waals surface area contributed by atoms with Crippen molar-refractivity contribution < 1.29 is 0 Å². The van der Waals surface area contributed by atoms with Gasteiger partial charge in [-0.05, 0) is 28.3 Å². The highest BCUT2D eigenvalue weighted by Gasteiger charge is 2.11. The molecule has 0 bridgehead atoms. The maximum Gasteiger partial charge on any atom is 0.160 e. The first-order valence-electron chi connectivity index (χ1n) is 12.5. The predicted molar refractivity (Wildman–Crippen MR) is 157 cm³/mol. The molecule has 3 heteroatoms. The van der Waals surface area contributed by atoms with E-state index in [0.717, 1.165) is 33.9 Å². The minimum Gasteiger partial charge on any atom is -0.228 e. The number of nitrogens with zero attached hydrogens (tertiary/aromatic N) is 2. The van der Waals surface area contributed by atoms with Crippen molar-refractivity contribution in [1.82, 2.24) is 9.97 Å². The van der Waals surface area contributed by atoms with Gasteiger partial charge in [0.2, 0.25) is 0 Å². The van der Waals surface area contributed by atoms with Crippen molar-refractivity contribution in [1.29, 1.82) is 0 Å². The summed E-state index contributed by atoms with van der Waals surface area (Å²) >= 11 is 0. The summed E-state index contributed by atoms with van der Waals surface area (Å²) in [6.07, 6.45) is 0. The summed E-state index contributed by atoms with van der Waals surface area (Å²) < 4.78 is 0. The van der Waals surface area contributed by atoms with Crippen molar-refractivity contribution in [3.63, 3.8) is 0 Å². The van der Waals surface area contributed by atoms with Crippen LogP contribution in [0.25, 0.3) is 56.2 Å². The lowest BCUT2D eigenvalue weighted by atomic mass is 9.94. The van der Waals surface area contributed by atoms with E-state index in [4.69, 9.17) is 9.97 Å². The van der Waals surface area contributed by atoms with Crippen molar-refractivity contribution in [2.45, 2.75) is 0 Å². The van der Waals surface area contributed by atoms with E-state index in [-0.39, 0.29) is 0 Å². The normalized spacial score (nSPS) is 10.8. The molecule has 1 heterocycles. The smallest absolute Gasteiger partial charge is 0.160 e. The van der Waals surface area contributed by atoms with Crippen LogP contribution < -0.4 is 5.46 Å². The van der Waals surface area contributed by atoms with E-state index in [1.807, 2.05) is 12.1 Å². The van der Waals surface area contributed by atoms with Crippen LogP contribution in [0.2, 0.25) is 0 Å². The second-order valence-electron chi connectivity index (χ2n) is 9.21. The van der Waals surface area contributed by atoms with Gasteiger partial charge in [0.05, 0.1) is 11.4 Å². The molecule has 1 aromatic heterocycles. The minimum absolute atomic E-state index is 0.722. The minimum atomic E-state index is 0.722. The van der Waals surface area contributed by atoms with Gasteiger partial charge in [0.1, 0.15) is 7.85 Å². The Kier molecular flexibility index (Phi) is 6.18. The molecule has 0 radical (unpaired) electrons. The quantitative estimate of drug-likeness (QED) is 0.251. The molecule has 0 N–H and O–H groups in total. The van der Waals surface area contributed by atoms with Gasteiger partial charge < -0.3 is 0 Å². The molecule has 0 spiro atoms. The molecule has 37 heavy (non-hydrogen) atoms. The highest BCUT2D eigenvalue weighted by molar-refractivity contribution is 6.32. The van der Waals surface area contributed by atoms with Gasteiger partial charge in [0, 0.05) is 16.7 Å². The van der Waals surface area contributed by atoms with Crippen molar-refractivity contribution in [2.75, 3.05) is 0 Å². The maximum atomic E-state index is 5.01. The van der Waals surface area contributed by atoms with E-state index >= 15 is 0 Å². The van der Waals surface area contributed by atoms with E-state index < -0.39 is 0 Å². The van der Waals surface area contributed by atoms with E-state index in [0.29, 0.717) is 0 Å². The molecule has 0 aliphatic carbocycles. The Morgan fingerprint density at radius 3 is 1.16 bits per heavy atom. The van der Waals surface area contributed by atoms with E-state index in [1.54, 1.807) is 0 Å². The molecule has 6 rings (SSSR count). The maximum absolute atomic E-state index is 5.01. The molecule has 6 aromatic rings. The molecule has 0 aliphatic rings. The summed E-state index contributed by atoms with van der Waals surface area (Å²) in [4.78, 5) is 10.00. The zero-order chi connectivity index (χ0) is 25.0. The summed E-state index contributed by atoms with van der Waals surface area (Å²) in [6.45, 7) is 0. The molecule has 0 saturated heterocycles. The van der Waals surface area contributed by atoms with Gasteiger partial charge in [0.15, 0.2) is 5.82 Å². The van der Waals surface area contributed by atoms with Crippen molar-refractivity contribution >= 4 is 13.3 Å². The standard InChI is InChI=1S/C34H25BN2/c35-31-21-19-29(20-22-31)33-23-32(28-15-11-26(12-16-28)24-7-3-1-4-8-24)36-34(37-33)30-17-13-27(14-18-30)25-9-5-2-6-10-25/h1-23H,35H2. The van der Waals surface area contributed by atoms with Crippen LogP contribution in [0.3, 0.4) is 0 Å². The Morgan fingerprint density at radius 1 is 0.351 bits per heavy atom. The Labute approximate surface area is 218 Å². The fourth-order valence-electron chi connectivity index (χ4n) is 4.50. The number of rotatable bonds is 5. The van der Waals surface area contributed by atoms with Gasteiger partial charge in [-0.3, -0.25) is 0 Å². The molecule has 2 nitrogen and oxygen atoms in total. The van der Waals surface area contributed by atoms with E-state index in [1.165, 1.54) is 27.7 Å². The number of hydrogen-bond acceptors (Lipinski definition) is 2. The van der Waals surface area contributed by atoms with Gasteiger partial charge >= 0.3 is 0 Å². The second-order valence-corrected chi connectivity index (χ2v) is 9.21. The molecule has 0 fully saturated rings. The van der Waals surface area contributed by atoms with Crippen molar-refractivity contribution in [2.24, 2.45) is 0 Å². The highest BCUT2D eigenvalue weighted by atomic mass is 14.9. The molecule has 0 amide bonds.